The van der Waals surface area contributed by atoms with Crippen LogP contribution >= 0.6 is 11.8 Å². The molecule has 0 saturated heterocycles. The van der Waals surface area contributed by atoms with Gasteiger partial charge in [0, 0.05) is 9.79 Å². The quantitative estimate of drug-likeness (QED) is 0.583. The van der Waals surface area contributed by atoms with E-state index in [1.807, 2.05) is 36.4 Å². The SMILES string of the molecule is O[C@H](CN1c2ccccc2Sc2ccccc21)Cn1nnc2ccccc21. The Morgan fingerprint density at radius 2 is 1.44 bits per heavy atom. The Balaban J connectivity index is 1.45. The normalized spacial score (nSPS) is 14.0. The summed E-state index contributed by atoms with van der Waals surface area (Å²) in [6.07, 6.45) is -0.584. The highest BCUT2D eigenvalue weighted by atomic mass is 32.2. The highest BCUT2D eigenvalue weighted by molar-refractivity contribution is 7.99. The lowest BCUT2D eigenvalue weighted by Crippen LogP contribution is -2.33. The fourth-order valence-corrected chi connectivity index (χ4v) is 4.59. The lowest BCUT2D eigenvalue weighted by atomic mass is 10.2. The zero-order valence-corrected chi connectivity index (χ0v) is 15.4. The van der Waals surface area contributed by atoms with Crippen LogP contribution in [0.15, 0.2) is 82.6 Å². The van der Waals surface area contributed by atoms with Crippen LogP contribution in [0.25, 0.3) is 11.0 Å². The lowest BCUT2D eigenvalue weighted by Gasteiger charge is -2.34. The predicted molar refractivity (Wildman–Crippen MR) is 108 cm³/mol. The maximum absolute atomic E-state index is 10.8. The highest BCUT2D eigenvalue weighted by Crippen LogP contribution is 2.47. The summed E-state index contributed by atoms with van der Waals surface area (Å²) in [7, 11) is 0. The number of β-amino-alcohol motifs (C(OH)–C–C–N with tert-alkyl or cyclic N) is 1. The van der Waals surface area contributed by atoms with E-state index in [1.54, 1.807) is 16.4 Å². The number of hydrogen-bond acceptors (Lipinski definition) is 5. The van der Waals surface area contributed by atoms with Gasteiger partial charge < -0.3 is 10.0 Å². The number of aromatic nitrogens is 3. The van der Waals surface area contributed by atoms with E-state index in [2.05, 4.69) is 51.6 Å². The van der Waals surface area contributed by atoms with E-state index in [0.717, 1.165) is 22.4 Å². The molecule has 0 amide bonds. The second-order valence-corrected chi connectivity index (χ2v) is 7.65. The summed E-state index contributed by atoms with van der Waals surface area (Å²) in [5.74, 6) is 0. The largest absolute Gasteiger partial charge is 0.389 e. The van der Waals surface area contributed by atoms with Crippen LogP contribution in [0.3, 0.4) is 0 Å². The van der Waals surface area contributed by atoms with Crippen molar-refractivity contribution in [2.24, 2.45) is 0 Å². The first-order valence-electron chi connectivity index (χ1n) is 8.89. The number of rotatable bonds is 4. The number of anilines is 2. The second-order valence-electron chi connectivity index (χ2n) is 6.56. The highest BCUT2D eigenvalue weighted by Gasteiger charge is 2.25. The van der Waals surface area contributed by atoms with E-state index >= 15 is 0 Å². The first-order chi connectivity index (χ1) is 13.3. The van der Waals surface area contributed by atoms with Gasteiger partial charge in [-0.15, -0.1) is 5.10 Å². The first kappa shape index (κ1) is 16.4. The molecule has 1 N–H and O–H groups in total. The third kappa shape index (κ3) is 2.97. The molecule has 5 nitrogen and oxygen atoms in total. The molecular formula is C21H18N4OS. The van der Waals surface area contributed by atoms with Crippen molar-refractivity contribution in [3.05, 3.63) is 72.8 Å². The molecule has 0 saturated carbocycles. The molecule has 0 bridgehead atoms. The second kappa shape index (κ2) is 6.72. The number of fused-ring (bicyclic) bond motifs is 3. The van der Waals surface area contributed by atoms with E-state index < -0.39 is 6.10 Å². The van der Waals surface area contributed by atoms with Crippen molar-refractivity contribution >= 4 is 34.2 Å². The first-order valence-corrected chi connectivity index (χ1v) is 9.71. The van der Waals surface area contributed by atoms with E-state index in [4.69, 9.17) is 0 Å². The van der Waals surface area contributed by atoms with Gasteiger partial charge in [-0.05, 0) is 36.4 Å². The molecule has 3 aromatic carbocycles. The third-order valence-electron chi connectivity index (χ3n) is 4.73. The minimum absolute atomic E-state index is 0.397. The summed E-state index contributed by atoms with van der Waals surface area (Å²) < 4.78 is 1.77. The van der Waals surface area contributed by atoms with Crippen LogP contribution in [0.4, 0.5) is 11.4 Å². The average Bonchev–Trinajstić information content (AvgIpc) is 3.11. The van der Waals surface area contributed by atoms with Crippen molar-refractivity contribution in [2.75, 3.05) is 11.4 Å². The Kier molecular flexibility index (Phi) is 4.07. The fourth-order valence-electron chi connectivity index (χ4n) is 3.50. The van der Waals surface area contributed by atoms with Crippen molar-refractivity contribution < 1.29 is 5.11 Å². The van der Waals surface area contributed by atoms with Crippen LogP contribution in [0.5, 0.6) is 0 Å². The molecule has 6 heteroatoms. The summed E-state index contributed by atoms with van der Waals surface area (Å²) >= 11 is 1.77. The Bertz CT molecular complexity index is 1060. The van der Waals surface area contributed by atoms with Gasteiger partial charge in [-0.1, -0.05) is 53.4 Å². The molecule has 5 rings (SSSR count). The molecule has 1 aliphatic heterocycles. The number of para-hydroxylation sites is 3. The van der Waals surface area contributed by atoms with Crippen molar-refractivity contribution in [1.29, 1.82) is 0 Å². The molecule has 0 spiro atoms. The summed E-state index contributed by atoms with van der Waals surface area (Å²) in [6.45, 7) is 0.886. The van der Waals surface area contributed by atoms with Gasteiger partial charge in [-0.3, -0.25) is 0 Å². The van der Waals surface area contributed by atoms with Crippen molar-refractivity contribution in [3.8, 4) is 0 Å². The van der Waals surface area contributed by atoms with Crippen LogP contribution in [-0.4, -0.2) is 32.7 Å². The smallest absolute Gasteiger partial charge is 0.113 e. The number of aliphatic hydroxyl groups is 1. The molecule has 0 fully saturated rings. The van der Waals surface area contributed by atoms with Crippen LogP contribution in [-0.2, 0) is 6.54 Å². The summed E-state index contributed by atoms with van der Waals surface area (Å²) in [5.41, 5.74) is 4.04. The zero-order chi connectivity index (χ0) is 18.2. The van der Waals surface area contributed by atoms with E-state index in [-0.39, 0.29) is 0 Å². The Morgan fingerprint density at radius 3 is 2.19 bits per heavy atom. The van der Waals surface area contributed by atoms with Crippen LogP contribution in [0, 0.1) is 0 Å². The number of hydrogen-bond donors (Lipinski definition) is 1. The summed E-state index contributed by atoms with van der Waals surface area (Å²) in [6, 6.07) is 24.5. The number of aliphatic hydroxyl groups excluding tert-OH is 1. The summed E-state index contributed by atoms with van der Waals surface area (Å²) in [4.78, 5) is 4.61. The Hall–Kier alpha value is -2.83. The maximum Gasteiger partial charge on any atom is 0.113 e. The van der Waals surface area contributed by atoms with Gasteiger partial charge in [-0.25, -0.2) is 4.68 Å². The molecule has 27 heavy (non-hydrogen) atoms. The Labute approximate surface area is 161 Å². The molecule has 1 aliphatic rings. The summed E-state index contributed by atoms with van der Waals surface area (Å²) in [5, 5.41) is 19.2. The van der Waals surface area contributed by atoms with Crippen LogP contribution in [0.2, 0.25) is 0 Å². The predicted octanol–water partition coefficient (Wildman–Crippen LogP) is 4.10. The van der Waals surface area contributed by atoms with Gasteiger partial charge in [0.25, 0.3) is 0 Å². The van der Waals surface area contributed by atoms with Gasteiger partial charge in [-0.2, -0.15) is 0 Å². The average molecular weight is 374 g/mol. The minimum Gasteiger partial charge on any atom is -0.389 e. The van der Waals surface area contributed by atoms with Gasteiger partial charge in [0.15, 0.2) is 0 Å². The van der Waals surface area contributed by atoms with Gasteiger partial charge >= 0.3 is 0 Å². The van der Waals surface area contributed by atoms with Crippen molar-refractivity contribution in [2.45, 2.75) is 22.4 Å². The van der Waals surface area contributed by atoms with Crippen LogP contribution in [0.1, 0.15) is 0 Å². The van der Waals surface area contributed by atoms with Crippen LogP contribution < -0.4 is 4.90 Å². The lowest BCUT2D eigenvalue weighted by molar-refractivity contribution is 0.157. The molecule has 1 atom stereocenters. The van der Waals surface area contributed by atoms with Gasteiger partial charge in [0.2, 0.25) is 0 Å². The molecule has 2 heterocycles. The molecule has 0 aliphatic carbocycles. The Morgan fingerprint density at radius 1 is 0.815 bits per heavy atom. The number of benzene rings is 3. The van der Waals surface area contributed by atoms with E-state index in [0.29, 0.717) is 13.1 Å². The molecular weight excluding hydrogens is 356 g/mol. The van der Waals surface area contributed by atoms with E-state index in [1.165, 1.54) is 9.79 Å². The molecule has 1 aromatic heterocycles. The third-order valence-corrected chi connectivity index (χ3v) is 5.86. The monoisotopic (exact) mass is 374 g/mol. The maximum atomic E-state index is 10.8. The zero-order valence-electron chi connectivity index (χ0n) is 14.6. The molecule has 0 unspecified atom stereocenters. The minimum atomic E-state index is -0.584. The van der Waals surface area contributed by atoms with E-state index in [9.17, 15) is 5.11 Å². The fraction of sp³-hybridized carbons (Fsp3) is 0.143. The molecule has 4 aromatic rings. The van der Waals surface area contributed by atoms with Gasteiger partial charge in [0.1, 0.15) is 5.52 Å². The topological polar surface area (TPSA) is 54.2 Å². The molecule has 0 radical (unpaired) electrons. The standard InChI is InChI=1S/C21H18N4OS/c26-15(14-25-17-8-2-1-7-16(17)22-23-25)13-24-18-9-3-5-11-20(18)27-21-12-6-4-10-19(21)24/h1-12,15,26H,13-14H2/t15-/m1/s1. The molecule has 134 valence electrons. The van der Waals surface area contributed by atoms with Crippen molar-refractivity contribution in [1.82, 2.24) is 15.0 Å². The van der Waals surface area contributed by atoms with Gasteiger partial charge in [0.05, 0.1) is 36.1 Å². The number of nitrogens with zero attached hydrogens (tertiary/aromatic N) is 4. The van der Waals surface area contributed by atoms with Crippen molar-refractivity contribution in [3.63, 3.8) is 0 Å².